The maximum absolute atomic E-state index is 5.94. The second-order valence-electron chi connectivity index (χ2n) is 3.35. The molecule has 1 aromatic carbocycles. The van der Waals surface area contributed by atoms with E-state index in [1.165, 1.54) is 0 Å². The van der Waals surface area contributed by atoms with Crippen LogP contribution in [0.15, 0.2) is 39.4 Å². The van der Waals surface area contributed by atoms with Gasteiger partial charge in [-0.1, -0.05) is 11.6 Å². The van der Waals surface area contributed by atoms with Crippen molar-refractivity contribution in [2.24, 2.45) is 0 Å². The van der Waals surface area contributed by atoms with Gasteiger partial charge in [0.25, 0.3) is 0 Å². The smallest absolute Gasteiger partial charge is 0.144 e. The first-order chi connectivity index (χ1) is 8.06. The van der Waals surface area contributed by atoms with E-state index >= 15 is 0 Å². The van der Waals surface area contributed by atoms with Crippen LogP contribution in [0.1, 0.15) is 0 Å². The molecule has 0 spiro atoms. The summed E-state index contributed by atoms with van der Waals surface area (Å²) in [6, 6.07) is 7.28. The fourth-order valence-electron chi connectivity index (χ4n) is 1.27. The number of nitrogens with one attached hydrogen (secondary N) is 1. The largest absolute Gasteiger partial charge is 0.397 e. The van der Waals surface area contributed by atoms with E-state index < -0.39 is 0 Å². The lowest BCUT2D eigenvalue weighted by atomic mass is 10.3. The molecule has 3 N–H and O–H groups in total. The molecule has 3 nitrogen and oxygen atoms in total. The number of nitrogens with zero attached hydrogens (tertiary/aromatic N) is 1. The lowest BCUT2D eigenvalue weighted by Gasteiger charge is -2.10. The first kappa shape index (κ1) is 12.7. The van der Waals surface area contributed by atoms with Gasteiger partial charge in [0.15, 0.2) is 0 Å². The zero-order valence-electron chi connectivity index (χ0n) is 8.55. The van der Waals surface area contributed by atoms with E-state index in [0.29, 0.717) is 16.5 Å². The van der Waals surface area contributed by atoms with Crippen molar-refractivity contribution in [3.05, 3.63) is 44.4 Å². The van der Waals surface area contributed by atoms with Crippen LogP contribution in [0.5, 0.6) is 0 Å². The van der Waals surface area contributed by atoms with Crippen molar-refractivity contribution in [2.75, 3.05) is 11.1 Å². The molecule has 1 heterocycles. The molecule has 2 aromatic rings. The molecule has 6 heteroatoms. The molecule has 0 unspecified atom stereocenters. The normalized spacial score (nSPS) is 10.3. The zero-order valence-corrected chi connectivity index (χ0v) is 12.5. The summed E-state index contributed by atoms with van der Waals surface area (Å²) >= 11 is 12.8. The van der Waals surface area contributed by atoms with Gasteiger partial charge in [-0.3, -0.25) is 0 Å². The molecule has 0 aliphatic heterocycles. The van der Waals surface area contributed by atoms with Gasteiger partial charge in [0.1, 0.15) is 5.82 Å². The summed E-state index contributed by atoms with van der Waals surface area (Å²) in [5.74, 6) is 0.683. The Balaban J connectivity index is 2.34. The van der Waals surface area contributed by atoms with E-state index in [4.69, 9.17) is 17.3 Å². The molecule has 2 rings (SSSR count). The average molecular weight is 377 g/mol. The second kappa shape index (κ2) is 5.25. The number of halogens is 3. The molecule has 0 saturated heterocycles. The van der Waals surface area contributed by atoms with E-state index in [-0.39, 0.29) is 0 Å². The summed E-state index contributed by atoms with van der Waals surface area (Å²) in [6.45, 7) is 0. The van der Waals surface area contributed by atoms with Gasteiger partial charge in [-0.25, -0.2) is 4.98 Å². The number of aromatic nitrogens is 1. The molecular weight excluding hydrogens is 369 g/mol. The molecule has 0 aliphatic carbocycles. The van der Waals surface area contributed by atoms with Crippen molar-refractivity contribution in [1.82, 2.24) is 4.98 Å². The lowest BCUT2D eigenvalue weighted by molar-refractivity contribution is 1.29. The van der Waals surface area contributed by atoms with Crippen LogP contribution in [0.3, 0.4) is 0 Å². The van der Waals surface area contributed by atoms with Crippen molar-refractivity contribution in [3.8, 4) is 0 Å². The Labute approximate surface area is 121 Å². The van der Waals surface area contributed by atoms with E-state index in [9.17, 15) is 0 Å². The summed E-state index contributed by atoms with van der Waals surface area (Å²) in [5.41, 5.74) is 7.07. The highest BCUT2D eigenvalue weighted by molar-refractivity contribution is 9.11. The van der Waals surface area contributed by atoms with Gasteiger partial charge in [0, 0.05) is 9.50 Å². The van der Waals surface area contributed by atoms with E-state index in [0.717, 1.165) is 14.6 Å². The molecule has 1 aromatic heterocycles. The minimum absolute atomic E-state index is 0.604. The number of hydrogen-bond donors (Lipinski definition) is 2. The molecule has 0 saturated carbocycles. The van der Waals surface area contributed by atoms with Gasteiger partial charge in [-0.15, -0.1) is 0 Å². The fourth-order valence-corrected chi connectivity index (χ4v) is 2.25. The first-order valence-corrected chi connectivity index (χ1v) is 6.66. The van der Waals surface area contributed by atoms with Crippen LogP contribution >= 0.6 is 43.5 Å². The Morgan fingerprint density at radius 3 is 2.65 bits per heavy atom. The molecule has 0 aliphatic rings. The maximum Gasteiger partial charge on any atom is 0.144 e. The Morgan fingerprint density at radius 1 is 1.18 bits per heavy atom. The summed E-state index contributed by atoms with van der Waals surface area (Å²) in [7, 11) is 0. The molecule has 0 atom stereocenters. The standard InChI is InChI=1S/C11H8Br2ClN3/c12-8-2-1-6(14)3-10(8)17-11-9(13)4-7(15)5-16-11/h1-5H,15H2,(H,16,17). The minimum atomic E-state index is 0.604. The van der Waals surface area contributed by atoms with Crippen LogP contribution in [0.4, 0.5) is 17.2 Å². The van der Waals surface area contributed by atoms with Crippen LogP contribution < -0.4 is 11.1 Å². The minimum Gasteiger partial charge on any atom is -0.397 e. The monoisotopic (exact) mass is 375 g/mol. The molecule has 0 radical (unpaired) electrons. The van der Waals surface area contributed by atoms with Crippen molar-refractivity contribution >= 4 is 60.7 Å². The average Bonchev–Trinajstić information content (AvgIpc) is 2.27. The van der Waals surface area contributed by atoms with E-state index in [1.807, 2.05) is 18.2 Å². The molecule has 0 bridgehead atoms. The van der Waals surface area contributed by atoms with Crippen LogP contribution in [0.25, 0.3) is 0 Å². The zero-order chi connectivity index (χ0) is 12.4. The number of benzene rings is 1. The number of nitrogens with two attached hydrogens (primary N) is 1. The Morgan fingerprint density at radius 2 is 1.94 bits per heavy atom. The highest BCUT2D eigenvalue weighted by Crippen LogP contribution is 2.31. The fraction of sp³-hybridized carbons (Fsp3) is 0. The quantitative estimate of drug-likeness (QED) is 0.805. The Hall–Kier alpha value is -0.780. The van der Waals surface area contributed by atoms with Crippen LogP contribution in [-0.4, -0.2) is 4.98 Å². The lowest BCUT2D eigenvalue weighted by Crippen LogP contribution is -1.97. The van der Waals surface area contributed by atoms with Crippen molar-refractivity contribution in [1.29, 1.82) is 0 Å². The van der Waals surface area contributed by atoms with Crippen LogP contribution in [0, 0.1) is 0 Å². The SMILES string of the molecule is Nc1cnc(Nc2cc(Cl)ccc2Br)c(Br)c1. The third kappa shape index (κ3) is 3.12. The number of pyridine rings is 1. The summed E-state index contributed by atoms with van der Waals surface area (Å²) in [6.07, 6.45) is 1.59. The highest BCUT2D eigenvalue weighted by atomic mass is 79.9. The third-order valence-corrected chi connectivity index (χ3v) is 3.57. The molecular formula is C11H8Br2ClN3. The van der Waals surface area contributed by atoms with Gasteiger partial charge in [-0.2, -0.15) is 0 Å². The topological polar surface area (TPSA) is 50.9 Å². The molecule has 88 valence electrons. The van der Waals surface area contributed by atoms with Crippen LogP contribution in [0.2, 0.25) is 5.02 Å². The van der Waals surface area contributed by atoms with Gasteiger partial charge in [0.2, 0.25) is 0 Å². The summed E-state index contributed by atoms with van der Waals surface area (Å²) in [4.78, 5) is 4.20. The van der Waals surface area contributed by atoms with E-state index in [1.54, 1.807) is 12.3 Å². The van der Waals surface area contributed by atoms with Gasteiger partial charge in [0.05, 0.1) is 22.0 Å². The van der Waals surface area contributed by atoms with Crippen molar-refractivity contribution in [2.45, 2.75) is 0 Å². The highest BCUT2D eigenvalue weighted by Gasteiger charge is 2.05. The van der Waals surface area contributed by atoms with E-state index in [2.05, 4.69) is 42.2 Å². The van der Waals surface area contributed by atoms with Gasteiger partial charge >= 0.3 is 0 Å². The number of hydrogen-bond acceptors (Lipinski definition) is 3. The van der Waals surface area contributed by atoms with Crippen molar-refractivity contribution in [3.63, 3.8) is 0 Å². The molecule has 0 fully saturated rings. The Bertz CT molecular complexity index is 560. The number of nitrogen functional groups attached to an aromatic ring is 1. The van der Waals surface area contributed by atoms with Crippen LogP contribution in [-0.2, 0) is 0 Å². The van der Waals surface area contributed by atoms with Gasteiger partial charge in [-0.05, 0) is 56.1 Å². The van der Waals surface area contributed by atoms with Crippen molar-refractivity contribution < 1.29 is 0 Å². The predicted octanol–water partition coefficient (Wildman–Crippen LogP) is 4.59. The number of rotatable bonds is 2. The maximum atomic E-state index is 5.94. The molecule has 0 amide bonds. The molecule has 17 heavy (non-hydrogen) atoms. The number of anilines is 3. The first-order valence-electron chi connectivity index (χ1n) is 4.69. The summed E-state index contributed by atoms with van der Waals surface area (Å²) in [5, 5.41) is 3.82. The predicted molar refractivity (Wildman–Crippen MR) is 78.8 cm³/mol. The third-order valence-electron chi connectivity index (χ3n) is 2.04. The van der Waals surface area contributed by atoms with Gasteiger partial charge < -0.3 is 11.1 Å². The Kier molecular flexibility index (Phi) is 3.91. The second-order valence-corrected chi connectivity index (χ2v) is 5.49. The summed E-state index contributed by atoms with van der Waals surface area (Å²) < 4.78 is 1.71.